The van der Waals surface area contributed by atoms with Crippen LogP contribution in [0.1, 0.15) is 63.8 Å². The van der Waals surface area contributed by atoms with Gasteiger partial charge in [-0.1, -0.05) is 114 Å². The van der Waals surface area contributed by atoms with Gasteiger partial charge in [-0.15, -0.1) is 0 Å². The molecule has 1 fully saturated rings. The van der Waals surface area contributed by atoms with E-state index in [1.165, 1.54) is 86.0 Å². The van der Waals surface area contributed by atoms with Crippen molar-refractivity contribution in [3.63, 3.8) is 0 Å². The Kier molecular flexibility index (Phi) is 5.38. The fourth-order valence-electron chi connectivity index (χ4n) is 7.25. The van der Waals surface area contributed by atoms with E-state index in [1.807, 2.05) is 0 Å². The van der Waals surface area contributed by atoms with Gasteiger partial charge in [-0.25, -0.2) is 0 Å². The molecule has 4 aromatic rings. The van der Waals surface area contributed by atoms with Crippen molar-refractivity contribution in [3.8, 4) is 22.3 Å². The van der Waals surface area contributed by atoms with Gasteiger partial charge in [-0.05, 0) is 109 Å². The fraction of sp³-hybridized carbons (Fsp3) is 0.263. The van der Waals surface area contributed by atoms with Crippen molar-refractivity contribution in [2.45, 2.75) is 59.8 Å². The zero-order valence-corrected chi connectivity index (χ0v) is 23.1. The van der Waals surface area contributed by atoms with Crippen LogP contribution in [0.4, 0.5) is 0 Å². The minimum atomic E-state index is 0.218. The van der Waals surface area contributed by atoms with Crippen molar-refractivity contribution in [1.29, 1.82) is 0 Å². The first kappa shape index (κ1) is 23.5. The smallest absolute Gasteiger partial charge is 0.0134 e. The summed E-state index contributed by atoms with van der Waals surface area (Å²) < 4.78 is 0. The summed E-state index contributed by atoms with van der Waals surface area (Å²) >= 11 is 0. The minimum absolute atomic E-state index is 0.218. The maximum atomic E-state index is 2.58. The highest BCUT2D eigenvalue weighted by atomic mass is 14.5. The summed E-state index contributed by atoms with van der Waals surface area (Å²) in [5, 5.41) is 0. The molecular formula is C38H36. The Bertz CT molecular complexity index is 1550. The summed E-state index contributed by atoms with van der Waals surface area (Å²) in [6.45, 7) is 8.89. The number of hydrogen-bond donors (Lipinski definition) is 0. The molecule has 0 heteroatoms. The SMILES string of the molecule is Cc1ccc(C)c(-c2cccc3c2C=C(C2(C4=Cc5c(cccc5-c5cc(C)ccc5C)C4)CCC2)C3)c1. The Hall–Kier alpha value is -3.64. The van der Waals surface area contributed by atoms with Gasteiger partial charge in [0.15, 0.2) is 0 Å². The molecule has 4 aromatic carbocycles. The topological polar surface area (TPSA) is 0 Å². The number of aryl methyl sites for hydroxylation is 4. The summed E-state index contributed by atoms with van der Waals surface area (Å²) in [5.41, 5.74) is 20.3. The van der Waals surface area contributed by atoms with E-state index in [4.69, 9.17) is 0 Å². The highest BCUT2D eigenvalue weighted by Gasteiger charge is 2.46. The quantitative estimate of drug-likeness (QED) is 0.266. The fourth-order valence-corrected chi connectivity index (χ4v) is 7.25. The van der Waals surface area contributed by atoms with Crippen molar-refractivity contribution in [2.24, 2.45) is 5.41 Å². The second kappa shape index (κ2) is 8.70. The molecule has 0 saturated heterocycles. The molecule has 3 aliphatic rings. The van der Waals surface area contributed by atoms with Gasteiger partial charge in [-0.3, -0.25) is 0 Å². The van der Waals surface area contributed by atoms with Crippen LogP contribution in [-0.4, -0.2) is 0 Å². The van der Waals surface area contributed by atoms with Crippen LogP contribution in [0.15, 0.2) is 83.9 Å². The Balaban J connectivity index is 1.31. The Morgan fingerprint density at radius 2 is 1.00 bits per heavy atom. The number of benzene rings is 4. The van der Waals surface area contributed by atoms with Crippen LogP contribution >= 0.6 is 0 Å². The van der Waals surface area contributed by atoms with Crippen molar-refractivity contribution >= 4 is 12.2 Å². The van der Waals surface area contributed by atoms with Crippen molar-refractivity contribution in [1.82, 2.24) is 0 Å². The third-order valence-corrected chi connectivity index (χ3v) is 9.59. The van der Waals surface area contributed by atoms with E-state index in [0.29, 0.717) is 0 Å². The number of rotatable bonds is 4. The molecule has 0 bridgehead atoms. The number of fused-ring (bicyclic) bond motifs is 2. The average Bonchev–Trinajstić information content (AvgIpc) is 3.51. The van der Waals surface area contributed by atoms with E-state index in [2.05, 4.69) is 113 Å². The lowest BCUT2D eigenvalue weighted by atomic mass is 9.59. The van der Waals surface area contributed by atoms with Crippen molar-refractivity contribution in [2.75, 3.05) is 0 Å². The van der Waals surface area contributed by atoms with Crippen LogP contribution in [0, 0.1) is 33.1 Å². The molecule has 0 amide bonds. The number of allylic oxidation sites excluding steroid dienone is 2. The van der Waals surface area contributed by atoms with E-state index >= 15 is 0 Å². The summed E-state index contributed by atoms with van der Waals surface area (Å²) in [7, 11) is 0. The molecule has 0 nitrogen and oxygen atoms in total. The average molecular weight is 493 g/mol. The van der Waals surface area contributed by atoms with E-state index in [1.54, 1.807) is 11.1 Å². The van der Waals surface area contributed by atoms with Gasteiger partial charge in [0.25, 0.3) is 0 Å². The summed E-state index contributed by atoms with van der Waals surface area (Å²) in [6, 6.07) is 27.6. The standard InChI is InChI=1S/C38H36/c1-24-12-14-26(3)34(18-24)32-10-5-8-28-20-30(22-36(28)32)38(16-7-17-38)31-21-29-9-6-11-33(37(29)23-31)35-19-25(2)13-15-27(35)4/h5-6,8-15,18-19,22-23H,7,16-17,20-21H2,1-4H3. The van der Waals surface area contributed by atoms with Gasteiger partial charge in [0.2, 0.25) is 0 Å². The Labute approximate surface area is 227 Å². The molecule has 0 unspecified atom stereocenters. The maximum absolute atomic E-state index is 2.58. The van der Waals surface area contributed by atoms with Crippen LogP contribution in [0.25, 0.3) is 34.4 Å². The van der Waals surface area contributed by atoms with Gasteiger partial charge in [0, 0.05) is 5.41 Å². The third-order valence-electron chi connectivity index (χ3n) is 9.59. The maximum Gasteiger partial charge on any atom is 0.0134 e. The largest absolute Gasteiger partial charge is 0.0613 e. The molecule has 0 radical (unpaired) electrons. The highest BCUT2D eigenvalue weighted by Crippen LogP contribution is 2.59. The lowest BCUT2D eigenvalue weighted by Crippen LogP contribution is -2.34. The Morgan fingerprint density at radius 1 is 0.526 bits per heavy atom. The molecule has 0 heterocycles. The number of hydrogen-bond acceptors (Lipinski definition) is 0. The molecule has 1 saturated carbocycles. The van der Waals surface area contributed by atoms with Crippen molar-refractivity contribution in [3.05, 3.63) is 128 Å². The van der Waals surface area contributed by atoms with Crippen LogP contribution in [0.3, 0.4) is 0 Å². The Morgan fingerprint density at radius 3 is 1.42 bits per heavy atom. The second-order valence-corrected chi connectivity index (χ2v) is 12.0. The minimum Gasteiger partial charge on any atom is -0.0613 e. The molecule has 38 heavy (non-hydrogen) atoms. The van der Waals surface area contributed by atoms with E-state index in [-0.39, 0.29) is 5.41 Å². The van der Waals surface area contributed by atoms with Crippen molar-refractivity contribution < 1.29 is 0 Å². The second-order valence-electron chi connectivity index (χ2n) is 12.0. The summed E-state index contributed by atoms with van der Waals surface area (Å²) in [6.07, 6.45) is 11.2. The summed E-state index contributed by atoms with van der Waals surface area (Å²) in [4.78, 5) is 0. The lowest BCUT2D eigenvalue weighted by Gasteiger charge is -2.45. The monoisotopic (exact) mass is 492 g/mol. The van der Waals surface area contributed by atoms with E-state index in [9.17, 15) is 0 Å². The van der Waals surface area contributed by atoms with Crippen LogP contribution in [0.2, 0.25) is 0 Å². The summed E-state index contributed by atoms with van der Waals surface area (Å²) in [5.74, 6) is 0. The van der Waals surface area contributed by atoms with Gasteiger partial charge in [0.1, 0.15) is 0 Å². The predicted molar refractivity (Wildman–Crippen MR) is 162 cm³/mol. The van der Waals surface area contributed by atoms with Crippen LogP contribution in [0.5, 0.6) is 0 Å². The predicted octanol–water partition coefficient (Wildman–Crippen LogP) is 10.0. The van der Waals surface area contributed by atoms with Gasteiger partial charge in [-0.2, -0.15) is 0 Å². The van der Waals surface area contributed by atoms with Crippen LogP contribution < -0.4 is 0 Å². The van der Waals surface area contributed by atoms with Gasteiger partial charge >= 0.3 is 0 Å². The zero-order chi connectivity index (χ0) is 26.0. The first-order valence-electron chi connectivity index (χ1n) is 14.2. The molecule has 0 spiro atoms. The van der Waals surface area contributed by atoms with E-state index < -0.39 is 0 Å². The molecule has 0 aliphatic heterocycles. The first-order chi connectivity index (χ1) is 18.4. The third kappa shape index (κ3) is 3.57. The zero-order valence-electron chi connectivity index (χ0n) is 23.1. The van der Waals surface area contributed by atoms with E-state index in [0.717, 1.165) is 12.8 Å². The molecule has 0 atom stereocenters. The lowest BCUT2D eigenvalue weighted by molar-refractivity contribution is 0.235. The first-order valence-corrected chi connectivity index (χ1v) is 14.2. The normalized spacial score (nSPS) is 16.9. The molecule has 188 valence electrons. The highest BCUT2D eigenvalue weighted by molar-refractivity contribution is 5.86. The molecular weight excluding hydrogens is 456 g/mol. The van der Waals surface area contributed by atoms with Gasteiger partial charge < -0.3 is 0 Å². The molecule has 7 rings (SSSR count). The molecule has 0 aromatic heterocycles. The van der Waals surface area contributed by atoms with Crippen LogP contribution in [-0.2, 0) is 12.8 Å². The molecule has 0 N–H and O–H groups in total. The molecule has 3 aliphatic carbocycles. The van der Waals surface area contributed by atoms with Gasteiger partial charge in [0.05, 0.1) is 0 Å².